The molecule has 0 spiro atoms. The van der Waals surface area contributed by atoms with E-state index in [1.165, 1.54) is 17.4 Å². The molecule has 1 N–H and O–H groups in total. The number of benzene rings is 1. The van der Waals surface area contributed by atoms with E-state index in [9.17, 15) is 9.59 Å². The van der Waals surface area contributed by atoms with Gasteiger partial charge in [-0.2, -0.15) is 0 Å². The normalized spacial score (nSPS) is 12.8. The van der Waals surface area contributed by atoms with Crippen LogP contribution >= 0.6 is 11.3 Å². The Kier molecular flexibility index (Phi) is 7.58. The quantitative estimate of drug-likeness (QED) is 0.451. The zero-order valence-electron chi connectivity index (χ0n) is 17.2. The average Bonchev–Trinajstić information content (AvgIpc) is 3.04. The van der Waals surface area contributed by atoms with Crippen molar-refractivity contribution in [3.05, 3.63) is 58.5 Å². The molecule has 0 aliphatic carbocycles. The van der Waals surface area contributed by atoms with Crippen LogP contribution in [0.25, 0.3) is 6.08 Å². The van der Waals surface area contributed by atoms with Crippen LogP contribution in [0.15, 0.2) is 42.5 Å². The highest BCUT2D eigenvalue weighted by molar-refractivity contribution is 7.16. The lowest BCUT2D eigenvalue weighted by atomic mass is 9.85. The summed E-state index contributed by atoms with van der Waals surface area (Å²) in [6.45, 7) is 10.8. The van der Waals surface area contributed by atoms with E-state index in [0.717, 1.165) is 16.9 Å². The molecule has 0 radical (unpaired) electrons. The van der Waals surface area contributed by atoms with E-state index in [0.29, 0.717) is 17.2 Å². The average molecular weight is 400 g/mol. The van der Waals surface area contributed by atoms with Crippen LogP contribution in [0.1, 0.15) is 67.8 Å². The van der Waals surface area contributed by atoms with Crippen LogP contribution in [-0.2, 0) is 9.53 Å². The number of thiophene rings is 1. The molecule has 150 valence electrons. The maximum absolute atomic E-state index is 12.4. The molecule has 0 saturated carbocycles. The van der Waals surface area contributed by atoms with E-state index >= 15 is 0 Å². The van der Waals surface area contributed by atoms with Gasteiger partial charge in [0, 0.05) is 11.0 Å². The molecule has 2 aromatic rings. The van der Waals surface area contributed by atoms with Gasteiger partial charge in [0.05, 0.1) is 12.2 Å². The molecule has 5 heteroatoms. The third kappa shape index (κ3) is 6.64. The molecule has 1 amide bonds. The summed E-state index contributed by atoms with van der Waals surface area (Å²) >= 11 is 1.45. The van der Waals surface area contributed by atoms with Crippen molar-refractivity contribution in [1.29, 1.82) is 0 Å². The molecule has 4 nitrogen and oxygen atoms in total. The van der Waals surface area contributed by atoms with E-state index in [1.807, 2.05) is 36.4 Å². The van der Waals surface area contributed by atoms with Gasteiger partial charge in [0.2, 0.25) is 5.91 Å². The minimum Gasteiger partial charge on any atom is -0.462 e. The van der Waals surface area contributed by atoms with Crippen LogP contribution < -0.4 is 5.32 Å². The maximum Gasteiger partial charge on any atom is 0.341 e. The lowest BCUT2D eigenvalue weighted by Crippen LogP contribution is -2.11. The van der Waals surface area contributed by atoms with Gasteiger partial charge in [-0.15, -0.1) is 11.3 Å². The Balaban J connectivity index is 2.21. The molecule has 0 saturated heterocycles. The van der Waals surface area contributed by atoms with Crippen LogP contribution in [0, 0.1) is 5.41 Å². The van der Waals surface area contributed by atoms with Crippen molar-refractivity contribution in [1.82, 2.24) is 0 Å². The highest BCUT2D eigenvalue weighted by atomic mass is 32.1. The van der Waals surface area contributed by atoms with E-state index in [-0.39, 0.29) is 17.2 Å². The Labute approximate surface area is 171 Å². The number of amides is 1. The van der Waals surface area contributed by atoms with Gasteiger partial charge in [-0.25, -0.2) is 4.79 Å². The SMILES string of the molecule is CCOC(=O)c1cc([C@@H](C)CC(C)(C)C)sc1NC(=O)/C=C/c1ccccc1. The first-order valence-electron chi connectivity index (χ1n) is 9.54. The molecule has 1 atom stereocenters. The van der Waals surface area contributed by atoms with Crippen LogP contribution in [0.5, 0.6) is 0 Å². The summed E-state index contributed by atoms with van der Waals surface area (Å²) < 4.78 is 5.17. The Morgan fingerprint density at radius 1 is 1.21 bits per heavy atom. The van der Waals surface area contributed by atoms with E-state index in [1.54, 1.807) is 13.0 Å². The second kappa shape index (κ2) is 9.69. The van der Waals surface area contributed by atoms with Gasteiger partial charge < -0.3 is 10.1 Å². The summed E-state index contributed by atoms with van der Waals surface area (Å²) in [6.07, 6.45) is 4.20. The number of nitrogens with one attached hydrogen (secondary N) is 1. The Morgan fingerprint density at radius 2 is 1.89 bits per heavy atom. The van der Waals surface area contributed by atoms with Gasteiger partial charge in [-0.1, -0.05) is 58.0 Å². The number of hydrogen-bond acceptors (Lipinski definition) is 4. The Bertz CT molecular complexity index is 831. The Hall–Kier alpha value is -2.40. The monoisotopic (exact) mass is 399 g/mol. The smallest absolute Gasteiger partial charge is 0.341 e. The molecule has 0 unspecified atom stereocenters. The molecule has 1 aromatic carbocycles. The van der Waals surface area contributed by atoms with Gasteiger partial charge >= 0.3 is 5.97 Å². The van der Waals surface area contributed by atoms with Crippen LogP contribution in [0.3, 0.4) is 0 Å². The fourth-order valence-corrected chi connectivity index (χ4v) is 4.12. The first kappa shape index (κ1) is 21.9. The third-order valence-electron chi connectivity index (χ3n) is 4.11. The van der Waals surface area contributed by atoms with Crippen molar-refractivity contribution in [3.63, 3.8) is 0 Å². The van der Waals surface area contributed by atoms with Crippen LogP contribution in [0.2, 0.25) is 0 Å². The first-order valence-corrected chi connectivity index (χ1v) is 10.4. The summed E-state index contributed by atoms with van der Waals surface area (Å²) in [6, 6.07) is 11.5. The fourth-order valence-electron chi connectivity index (χ4n) is 3.02. The van der Waals surface area contributed by atoms with Gasteiger partial charge in [0.1, 0.15) is 5.00 Å². The second-order valence-corrected chi connectivity index (χ2v) is 9.09. The number of esters is 1. The van der Waals surface area contributed by atoms with Crippen molar-refractivity contribution in [2.24, 2.45) is 5.41 Å². The molecule has 2 rings (SSSR count). The van der Waals surface area contributed by atoms with Gasteiger partial charge in [0.25, 0.3) is 0 Å². The molecular weight excluding hydrogens is 370 g/mol. The fraction of sp³-hybridized carbons (Fsp3) is 0.391. The molecule has 0 bridgehead atoms. The van der Waals surface area contributed by atoms with Crippen molar-refractivity contribution < 1.29 is 14.3 Å². The molecule has 0 aliphatic rings. The predicted octanol–water partition coefficient (Wildman–Crippen LogP) is 6.12. The first-order chi connectivity index (χ1) is 13.2. The molecule has 28 heavy (non-hydrogen) atoms. The van der Waals surface area contributed by atoms with Gasteiger partial charge in [-0.05, 0) is 42.4 Å². The zero-order valence-corrected chi connectivity index (χ0v) is 18.1. The number of ether oxygens (including phenoxy) is 1. The van der Waals surface area contributed by atoms with Crippen molar-refractivity contribution in [2.45, 2.75) is 47.0 Å². The lowest BCUT2D eigenvalue weighted by Gasteiger charge is -2.22. The topological polar surface area (TPSA) is 55.4 Å². The lowest BCUT2D eigenvalue weighted by molar-refractivity contribution is -0.111. The highest BCUT2D eigenvalue weighted by Crippen LogP contribution is 2.38. The number of carbonyl (C=O) groups excluding carboxylic acids is 2. The van der Waals surface area contributed by atoms with E-state index in [4.69, 9.17) is 4.74 Å². The van der Waals surface area contributed by atoms with Crippen molar-refractivity contribution >= 4 is 34.3 Å². The third-order valence-corrected chi connectivity index (χ3v) is 5.40. The summed E-state index contributed by atoms with van der Waals surface area (Å²) in [5.74, 6) is -0.398. The summed E-state index contributed by atoms with van der Waals surface area (Å²) in [5, 5.41) is 3.39. The zero-order chi connectivity index (χ0) is 20.7. The Morgan fingerprint density at radius 3 is 2.50 bits per heavy atom. The molecule has 0 fully saturated rings. The summed E-state index contributed by atoms with van der Waals surface area (Å²) in [7, 11) is 0. The number of hydrogen-bond donors (Lipinski definition) is 1. The molecule has 0 aliphatic heterocycles. The molecule has 1 heterocycles. The molecular formula is C23H29NO3S. The standard InChI is InChI=1S/C23H29NO3S/c1-6-27-22(26)18-14-19(16(2)15-23(3,4)5)28-21(18)24-20(25)13-12-17-10-8-7-9-11-17/h7-14,16H,6,15H2,1-5H3,(H,24,25)/b13-12+/t16-/m0/s1. The highest BCUT2D eigenvalue weighted by Gasteiger charge is 2.23. The molecule has 1 aromatic heterocycles. The van der Waals surface area contributed by atoms with Crippen LogP contribution in [0.4, 0.5) is 5.00 Å². The van der Waals surface area contributed by atoms with E-state index < -0.39 is 5.97 Å². The summed E-state index contributed by atoms with van der Waals surface area (Å²) in [5.41, 5.74) is 1.54. The van der Waals surface area contributed by atoms with Crippen molar-refractivity contribution in [2.75, 3.05) is 11.9 Å². The number of carbonyl (C=O) groups is 2. The van der Waals surface area contributed by atoms with Crippen LogP contribution in [-0.4, -0.2) is 18.5 Å². The maximum atomic E-state index is 12.4. The minimum atomic E-state index is -0.407. The predicted molar refractivity (Wildman–Crippen MR) is 117 cm³/mol. The number of anilines is 1. The number of rotatable bonds is 7. The van der Waals surface area contributed by atoms with Gasteiger partial charge in [-0.3, -0.25) is 4.79 Å². The minimum absolute atomic E-state index is 0.176. The van der Waals surface area contributed by atoms with Crippen molar-refractivity contribution in [3.8, 4) is 0 Å². The summed E-state index contributed by atoms with van der Waals surface area (Å²) in [4.78, 5) is 25.8. The largest absolute Gasteiger partial charge is 0.462 e. The second-order valence-electron chi connectivity index (χ2n) is 8.01. The van der Waals surface area contributed by atoms with E-state index in [2.05, 4.69) is 33.0 Å². The van der Waals surface area contributed by atoms with Gasteiger partial charge in [0.15, 0.2) is 0 Å².